The Hall–Kier alpha value is -4.29. The fourth-order valence-electron chi connectivity index (χ4n) is 6.08. The van der Waals surface area contributed by atoms with Crippen LogP contribution < -0.4 is 20.3 Å². The molecule has 0 unspecified atom stereocenters. The predicted molar refractivity (Wildman–Crippen MR) is 171 cm³/mol. The number of carboxylic acid groups (broad SMARTS) is 1. The fourth-order valence-corrected chi connectivity index (χ4v) is 7.30. The molecule has 0 radical (unpaired) electrons. The summed E-state index contributed by atoms with van der Waals surface area (Å²) in [5, 5.41) is 18.1. The van der Waals surface area contributed by atoms with Crippen LogP contribution >= 0.6 is 0 Å². The number of nitrogens with zero attached hydrogens (tertiary/aromatic N) is 4. The second-order valence-corrected chi connectivity index (χ2v) is 13.0. The van der Waals surface area contributed by atoms with Gasteiger partial charge in [-0.15, -0.1) is 0 Å². The van der Waals surface area contributed by atoms with Crippen LogP contribution in [-0.4, -0.2) is 66.7 Å². The quantitative estimate of drug-likeness (QED) is 0.205. The molecule has 0 saturated carbocycles. The number of aryl methyl sites for hydroxylation is 1. The van der Waals surface area contributed by atoms with Crippen molar-refractivity contribution in [2.75, 3.05) is 41.7 Å². The molecular weight excluding hydrogens is 578 g/mol. The smallest absolute Gasteiger partial charge is 0.323 e. The highest BCUT2D eigenvalue weighted by Gasteiger charge is 2.28. The summed E-state index contributed by atoms with van der Waals surface area (Å²) in [6.07, 6.45) is 6.19. The Morgan fingerprint density at radius 1 is 1.09 bits per heavy atom. The van der Waals surface area contributed by atoms with E-state index in [-0.39, 0.29) is 11.4 Å². The van der Waals surface area contributed by atoms with Gasteiger partial charge in [0, 0.05) is 43.4 Å². The highest BCUT2D eigenvalue weighted by atomic mass is 32.2. The first-order chi connectivity index (χ1) is 21.3. The minimum absolute atomic E-state index is 0.00581. The van der Waals surface area contributed by atoms with E-state index in [4.69, 9.17) is 4.98 Å². The van der Waals surface area contributed by atoms with Crippen molar-refractivity contribution in [1.29, 1.82) is 0 Å². The summed E-state index contributed by atoms with van der Waals surface area (Å²) in [5.74, 6) is 1.42. The normalized spacial score (nSPS) is 16.2. The van der Waals surface area contributed by atoms with Crippen LogP contribution in [-0.2, 0) is 27.7 Å². The van der Waals surface area contributed by atoms with Crippen LogP contribution in [0, 0.1) is 0 Å². The molecule has 0 amide bonds. The molecule has 2 aliphatic rings. The molecule has 11 nitrogen and oxygen atoms in total. The SMILES string of the molecule is CCc1c(NC[C@H](NS(=O)(=O)c2ccc3ccccc3c2)C(=O)O)ncnc1N1CCC(c2ccc3c(n2)NCCC3)CC1. The minimum Gasteiger partial charge on any atom is -0.480 e. The van der Waals surface area contributed by atoms with E-state index >= 15 is 0 Å². The summed E-state index contributed by atoms with van der Waals surface area (Å²) < 4.78 is 28.6. The maximum atomic E-state index is 13.1. The molecule has 1 saturated heterocycles. The molecule has 0 bridgehead atoms. The minimum atomic E-state index is -4.10. The number of hydrogen-bond donors (Lipinski definition) is 4. The van der Waals surface area contributed by atoms with Gasteiger partial charge in [0.25, 0.3) is 0 Å². The third-order valence-electron chi connectivity index (χ3n) is 8.50. The number of nitrogens with one attached hydrogen (secondary N) is 3. The first-order valence-corrected chi connectivity index (χ1v) is 16.6. The van der Waals surface area contributed by atoms with Crippen LogP contribution in [0.25, 0.3) is 10.8 Å². The van der Waals surface area contributed by atoms with Crippen LogP contribution in [0.4, 0.5) is 17.5 Å². The lowest BCUT2D eigenvalue weighted by Crippen LogP contribution is -2.45. The lowest BCUT2D eigenvalue weighted by molar-refractivity contribution is -0.138. The molecule has 0 spiro atoms. The monoisotopic (exact) mass is 615 g/mol. The second kappa shape index (κ2) is 12.7. The van der Waals surface area contributed by atoms with Gasteiger partial charge in [-0.25, -0.2) is 23.4 Å². The molecule has 1 fully saturated rings. The number of piperidine rings is 1. The number of aliphatic carboxylic acids is 1. The standard InChI is InChI=1S/C32H37N7O4S/c1-2-26-30(34-19-28(32(40)41)38-44(42,43)25-11-9-21-6-3-4-7-24(21)18-25)35-20-36-31(26)39-16-13-22(14-17-39)27-12-10-23-8-5-15-33-29(23)37-27/h3-4,6-7,9-12,18,20,22,28,38H,2,5,8,13-17,19H2,1H3,(H,33,37)(H,40,41)(H,34,35,36)/t28-/m0/s1. The molecule has 0 aliphatic carbocycles. The van der Waals surface area contributed by atoms with E-state index in [2.05, 4.69) is 42.4 Å². The highest BCUT2D eigenvalue weighted by Crippen LogP contribution is 2.33. The second-order valence-electron chi connectivity index (χ2n) is 11.3. The number of sulfonamides is 1. The average molecular weight is 616 g/mol. The van der Waals surface area contributed by atoms with E-state index in [1.54, 1.807) is 6.07 Å². The summed E-state index contributed by atoms with van der Waals surface area (Å²) in [6, 6.07) is 15.1. The zero-order chi connectivity index (χ0) is 30.7. The Kier molecular flexibility index (Phi) is 8.62. The number of benzene rings is 2. The lowest BCUT2D eigenvalue weighted by Gasteiger charge is -2.34. The van der Waals surface area contributed by atoms with Crippen LogP contribution in [0.3, 0.4) is 0 Å². The molecular formula is C32H37N7O4S. The van der Waals surface area contributed by atoms with Crippen molar-refractivity contribution in [2.45, 2.75) is 55.9 Å². The van der Waals surface area contributed by atoms with E-state index in [9.17, 15) is 18.3 Å². The van der Waals surface area contributed by atoms with E-state index < -0.39 is 22.0 Å². The number of pyridine rings is 1. The van der Waals surface area contributed by atoms with Crippen LogP contribution in [0.1, 0.15) is 48.9 Å². The van der Waals surface area contributed by atoms with Crippen LogP contribution in [0.5, 0.6) is 0 Å². The largest absolute Gasteiger partial charge is 0.480 e. The molecule has 230 valence electrons. The molecule has 4 aromatic rings. The molecule has 2 aromatic heterocycles. The van der Waals surface area contributed by atoms with Crippen molar-refractivity contribution in [2.24, 2.45) is 0 Å². The summed E-state index contributed by atoms with van der Waals surface area (Å²) in [7, 11) is -4.10. The van der Waals surface area contributed by atoms with Crippen molar-refractivity contribution < 1.29 is 18.3 Å². The van der Waals surface area contributed by atoms with E-state index in [0.717, 1.165) is 79.0 Å². The van der Waals surface area contributed by atoms with Crippen molar-refractivity contribution in [1.82, 2.24) is 19.7 Å². The molecule has 2 aliphatic heterocycles. The van der Waals surface area contributed by atoms with Gasteiger partial charge in [-0.3, -0.25) is 4.79 Å². The maximum absolute atomic E-state index is 13.1. The van der Waals surface area contributed by atoms with E-state index in [0.29, 0.717) is 18.2 Å². The lowest BCUT2D eigenvalue weighted by atomic mass is 9.92. The third kappa shape index (κ3) is 6.31. The summed E-state index contributed by atoms with van der Waals surface area (Å²) in [5.41, 5.74) is 3.28. The number of carbonyl (C=O) groups is 1. The van der Waals surface area contributed by atoms with Gasteiger partial charge in [0.15, 0.2) is 0 Å². The van der Waals surface area contributed by atoms with Gasteiger partial charge < -0.3 is 20.6 Å². The third-order valence-corrected chi connectivity index (χ3v) is 9.97. The van der Waals surface area contributed by atoms with Gasteiger partial charge in [-0.1, -0.05) is 43.3 Å². The van der Waals surface area contributed by atoms with E-state index in [1.807, 2.05) is 31.2 Å². The Labute approximate surface area is 257 Å². The summed E-state index contributed by atoms with van der Waals surface area (Å²) in [6.45, 7) is 4.40. The topological polar surface area (TPSA) is 149 Å². The van der Waals surface area contributed by atoms with Crippen molar-refractivity contribution in [3.05, 3.63) is 77.7 Å². The first-order valence-electron chi connectivity index (χ1n) is 15.1. The van der Waals surface area contributed by atoms with E-state index in [1.165, 1.54) is 24.0 Å². The van der Waals surface area contributed by atoms with Gasteiger partial charge in [0.1, 0.15) is 29.8 Å². The van der Waals surface area contributed by atoms with Crippen LogP contribution in [0.15, 0.2) is 65.8 Å². The van der Waals surface area contributed by atoms with Gasteiger partial charge in [-0.2, -0.15) is 4.72 Å². The predicted octanol–water partition coefficient (Wildman–Crippen LogP) is 4.17. The maximum Gasteiger partial charge on any atom is 0.323 e. The van der Waals surface area contributed by atoms with Crippen molar-refractivity contribution in [3.8, 4) is 0 Å². The fraction of sp³-hybridized carbons (Fsp3) is 0.375. The molecule has 4 N–H and O–H groups in total. The summed E-state index contributed by atoms with van der Waals surface area (Å²) in [4.78, 5) is 28.3. The molecule has 4 heterocycles. The first kappa shape index (κ1) is 29.8. The van der Waals surface area contributed by atoms with Crippen molar-refractivity contribution >= 4 is 44.2 Å². The van der Waals surface area contributed by atoms with Gasteiger partial charge in [-0.05, 0) is 66.6 Å². The Morgan fingerprint density at radius 3 is 2.66 bits per heavy atom. The number of carboxylic acids is 1. The molecule has 44 heavy (non-hydrogen) atoms. The zero-order valence-electron chi connectivity index (χ0n) is 24.7. The zero-order valence-corrected chi connectivity index (χ0v) is 25.5. The van der Waals surface area contributed by atoms with Gasteiger partial charge in [0.05, 0.1) is 4.90 Å². The molecule has 2 aromatic carbocycles. The Balaban J connectivity index is 1.13. The van der Waals surface area contributed by atoms with Gasteiger partial charge in [0.2, 0.25) is 10.0 Å². The number of hydrogen-bond acceptors (Lipinski definition) is 9. The number of aromatic nitrogens is 3. The Bertz CT molecular complexity index is 1770. The molecule has 1 atom stereocenters. The number of fused-ring (bicyclic) bond motifs is 2. The molecule has 12 heteroatoms. The highest BCUT2D eigenvalue weighted by molar-refractivity contribution is 7.89. The average Bonchev–Trinajstić information content (AvgIpc) is 3.06. The number of rotatable bonds is 10. The summed E-state index contributed by atoms with van der Waals surface area (Å²) >= 11 is 0. The van der Waals surface area contributed by atoms with Gasteiger partial charge >= 0.3 is 5.97 Å². The molecule has 6 rings (SSSR count). The Morgan fingerprint density at radius 2 is 1.89 bits per heavy atom. The van der Waals surface area contributed by atoms with Crippen LogP contribution in [0.2, 0.25) is 0 Å². The number of anilines is 3. The van der Waals surface area contributed by atoms with Crippen molar-refractivity contribution in [3.63, 3.8) is 0 Å².